The number of nitrogens with zero attached hydrogens (tertiary/aromatic N) is 2. The van der Waals surface area contributed by atoms with E-state index in [-0.39, 0.29) is 18.0 Å². The van der Waals surface area contributed by atoms with Crippen molar-refractivity contribution in [3.63, 3.8) is 0 Å². The fourth-order valence-corrected chi connectivity index (χ4v) is 4.57. The van der Waals surface area contributed by atoms with Gasteiger partial charge in [-0.05, 0) is 62.9 Å². The van der Waals surface area contributed by atoms with Gasteiger partial charge in [0.2, 0.25) is 11.8 Å². The lowest BCUT2D eigenvalue weighted by molar-refractivity contribution is -0.135. The molecule has 1 atom stereocenters. The Morgan fingerprint density at radius 1 is 1.03 bits per heavy atom. The van der Waals surface area contributed by atoms with Crippen molar-refractivity contribution in [2.45, 2.75) is 38.1 Å². The molecule has 0 saturated carbocycles. The maximum atomic E-state index is 12.8. The van der Waals surface area contributed by atoms with Crippen LogP contribution in [0.15, 0.2) is 23.0 Å². The van der Waals surface area contributed by atoms with E-state index in [0.29, 0.717) is 37.3 Å². The first kappa shape index (κ1) is 24.2. The Kier molecular flexibility index (Phi) is 8.16. The Hall–Kier alpha value is -2.93. The van der Waals surface area contributed by atoms with E-state index < -0.39 is 11.9 Å². The van der Waals surface area contributed by atoms with Crippen LogP contribution >= 0.6 is 0 Å². The van der Waals surface area contributed by atoms with Crippen molar-refractivity contribution in [1.82, 2.24) is 19.8 Å². The molecule has 2 fully saturated rings. The number of imide groups is 1. The third-order valence-electron chi connectivity index (χ3n) is 6.52. The van der Waals surface area contributed by atoms with Crippen LogP contribution in [0.5, 0.6) is 0 Å². The summed E-state index contributed by atoms with van der Waals surface area (Å²) in [6.45, 7) is 4.36. The molecule has 0 bridgehead atoms. The van der Waals surface area contributed by atoms with Crippen LogP contribution in [0.25, 0.3) is 11.0 Å². The molecule has 1 aromatic heterocycles. The quantitative estimate of drug-likeness (QED) is 0.342. The molecule has 2 aliphatic rings. The van der Waals surface area contributed by atoms with Crippen molar-refractivity contribution in [3.8, 4) is 11.8 Å². The fraction of sp³-hybridized carbons (Fsp3) is 0.560. The van der Waals surface area contributed by atoms with Crippen LogP contribution in [-0.2, 0) is 26.1 Å². The van der Waals surface area contributed by atoms with Gasteiger partial charge in [0.05, 0.1) is 24.2 Å². The summed E-state index contributed by atoms with van der Waals surface area (Å²) in [6, 6.07) is 4.75. The highest BCUT2D eigenvalue weighted by Gasteiger charge is 2.31. The monoisotopic (exact) mass is 468 g/mol. The van der Waals surface area contributed by atoms with Gasteiger partial charge in [-0.1, -0.05) is 11.8 Å². The zero-order valence-corrected chi connectivity index (χ0v) is 19.6. The molecule has 4 rings (SSSR count). The van der Waals surface area contributed by atoms with E-state index in [1.54, 1.807) is 13.1 Å². The van der Waals surface area contributed by atoms with E-state index in [2.05, 4.69) is 22.5 Å². The molecule has 0 spiro atoms. The van der Waals surface area contributed by atoms with Gasteiger partial charge in [-0.3, -0.25) is 24.0 Å². The highest BCUT2D eigenvalue weighted by Crippen LogP contribution is 2.23. The summed E-state index contributed by atoms with van der Waals surface area (Å²) in [4.78, 5) is 36.6. The number of amides is 2. The second kappa shape index (κ2) is 11.5. The van der Waals surface area contributed by atoms with E-state index in [9.17, 15) is 14.4 Å². The van der Waals surface area contributed by atoms with Gasteiger partial charge in [-0.25, -0.2) is 4.79 Å². The Morgan fingerprint density at radius 3 is 2.62 bits per heavy atom. The average molecular weight is 469 g/mol. The Labute approximate surface area is 198 Å². The number of hydrogen-bond acceptors (Lipinski definition) is 6. The summed E-state index contributed by atoms with van der Waals surface area (Å²) in [7, 11) is 1.67. The minimum Gasteiger partial charge on any atom is -0.379 e. The van der Waals surface area contributed by atoms with E-state index in [4.69, 9.17) is 9.47 Å². The number of benzene rings is 1. The van der Waals surface area contributed by atoms with Gasteiger partial charge in [-0.15, -0.1) is 0 Å². The normalized spacial score (nSPS) is 19.1. The lowest BCUT2D eigenvalue weighted by Crippen LogP contribution is -2.44. The second-order valence-electron chi connectivity index (χ2n) is 8.83. The summed E-state index contributed by atoms with van der Waals surface area (Å²) >= 11 is 0. The standard InChI is InChI=1S/C25H32N4O5/c1-28-22-17-19(3-2-13-33-15-16-34-14-10-18-8-11-26-12-9-18)4-5-20(22)29(25(28)32)21-6-7-23(30)27-24(21)31/h4-5,17-18,21,26H,6-16H2,1H3,(H,27,30,31). The smallest absolute Gasteiger partial charge is 0.329 e. The number of ether oxygens (including phenoxy) is 2. The molecule has 2 aliphatic heterocycles. The number of carbonyl (C=O) groups excluding carboxylic acids is 2. The third kappa shape index (κ3) is 5.76. The molecular formula is C25H32N4O5. The number of nitrogens with one attached hydrogen (secondary N) is 2. The van der Waals surface area contributed by atoms with Crippen LogP contribution in [0.2, 0.25) is 0 Å². The Balaban J connectivity index is 1.27. The molecule has 1 unspecified atom stereocenters. The van der Waals surface area contributed by atoms with E-state index >= 15 is 0 Å². The van der Waals surface area contributed by atoms with E-state index in [1.807, 2.05) is 12.1 Å². The number of piperidine rings is 2. The van der Waals surface area contributed by atoms with Crippen LogP contribution in [-0.4, -0.2) is 60.5 Å². The highest BCUT2D eigenvalue weighted by atomic mass is 16.5. The molecule has 34 heavy (non-hydrogen) atoms. The topological polar surface area (TPSA) is 104 Å². The predicted molar refractivity (Wildman–Crippen MR) is 127 cm³/mol. The van der Waals surface area contributed by atoms with Crippen LogP contribution in [0.4, 0.5) is 0 Å². The summed E-state index contributed by atoms with van der Waals surface area (Å²) in [5, 5.41) is 5.69. The molecule has 2 aromatic rings. The van der Waals surface area contributed by atoms with Crippen molar-refractivity contribution in [2.75, 3.05) is 39.5 Å². The lowest BCUT2D eigenvalue weighted by atomic mass is 9.95. The summed E-state index contributed by atoms with van der Waals surface area (Å²) in [5.41, 5.74) is 1.79. The second-order valence-corrected chi connectivity index (χ2v) is 8.83. The number of aromatic nitrogens is 2. The molecule has 182 valence electrons. The minimum absolute atomic E-state index is 0.214. The summed E-state index contributed by atoms with van der Waals surface area (Å²) < 4.78 is 14.2. The molecule has 9 nitrogen and oxygen atoms in total. The highest BCUT2D eigenvalue weighted by molar-refractivity contribution is 6.00. The molecule has 2 saturated heterocycles. The number of aryl methyl sites for hydroxylation is 1. The van der Waals surface area contributed by atoms with Crippen LogP contribution in [0.1, 0.15) is 43.7 Å². The zero-order chi connectivity index (χ0) is 23.9. The number of fused-ring (bicyclic) bond motifs is 1. The average Bonchev–Trinajstić information content (AvgIpc) is 3.08. The lowest BCUT2D eigenvalue weighted by Gasteiger charge is -2.22. The molecule has 1 aromatic carbocycles. The van der Waals surface area contributed by atoms with Crippen molar-refractivity contribution >= 4 is 22.8 Å². The first-order chi connectivity index (χ1) is 16.5. The first-order valence-corrected chi connectivity index (χ1v) is 11.9. The van der Waals surface area contributed by atoms with E-state index in [0.717, 1.165) is 37.6 Å². The van der Waals surface area contributed by atoms with Crippen LogP contribution < -0.4 is 16.3 Å². The zero-order valence-electron chi connectivity index (χ0n) is 19.6. The van der Waals surface area contributed by atoms with Gasteiger partial charge >= 0.3 is 5.69 Å². The third-order valence-corrected chi connectivity index (χ3v) is 6.52. The van der Waals surface area contributed by atoms with Crippen LogP contribution in [0, 0.1) is 17.8 Å². The van der Waals surface area contributed by atoms with Crippen molar-refractivity contribution in [1.29, 1.82) is 0 Å². The van der Waals surface area contributed by atoms with Gasteiger partial charge in [0.1, 0.15) is 12.6 Å². The van der Waals surface area contributed by atoms with Gasteiger partial charge in [0.15, 0.2) is 0 Å². The molecule has 9 heteroatoms. The predicted octanol–water partition coefficient (Wildman–Crippen LogP) is 1.09. The van der Waals surface area contributed by atoms with Gasteiger partial charge in [0, 0.05) is 25.6 Å². The van der Waals surface area contributed by atoms with Crippen molar-refractivity contribution in [2.24, 2.45) is 13.0 Å². The number of carbonyl (C=O) groups is 2. The SMILES string of the molecule is Cn1c(=O)n(C2CCC(=O)NC2=O)c2ccc(C#CCOCCOCCC3CCNCC3)cc21. The Morgan fingerprint density at radius 2 is 1.82 bits per heavy atom. The molecule has 2 N–H and O–H groups in total. The van der Waals surface area contributed by atoms with Gasteiger partial charge in [-0.2, -0.15) is 0 Å². The molecule has 0 radical (unpaired) electrons. The first-order valence-electron chi connectivity index (χ1n) is 11.9. The summed E-state index contributed by atoms with van der Waals surface area (Å²) in [5.74, 6) is 6.08. The fourth-order valence-electron chi connectivity index (χ4n) is 4.57. The summed E-state index contributed by atoms with van der Waals surface area (Å²) in [6.07, 6.45) is 4.10. The van der Waals surface area contributed by atoms with Crippen LogP contribution in [0.3, 0.4) is 0 Å². The van der Waals surface area contributed by atoms with Gasteiger partial charge in [0.25, 0.3) is 0 Å². The minimum atomic E-state index is -0.693. The largest absolute Gasteiger partial charge is 0.379 e. The number of hydrogen-bond donors (Lipinski definition) is 2. The maximum Gasteiger partial charge on any atom is 0.329 e. The molecular weight excluding hydrogens is 436 g/mol. The Bertz CT molecular complexity index is 1150. The van der Waals surface area contributed by atoms with Crippen molar-refractivity contribution in [3.05, 3.63) is 34.2 Å². The maximum absolute atomic E-state index is 12.8. The van der Waals surface area contributed by atoms with Gasteiger partial charge < -0.3 is 14.8 Å². The molecule has 0 aliphatic carbocycles. The van der Waals surface area contributed by atoms with Crippen molar-refractivity contribution < 1.29 is 19.1 Å². The van der Waals surface area contributed by atoms with E-state index in [1.165, 1.54) is 22.0 Å². The molecule has 2 amide bonds. The number of rotatable bonds is 8. The number of imidazole rings is 1. The molecule has 3 heterocycles.